The van der Waals surface area contributed by atoms with Crippen molar-refractivity contribution < 1.29 is 4.79 Å². The van der Waals surface area contributed by atoms with Crippen LogP contribution in [0, 0.1) is 17.8 Å². The molecule has 2 N–H and O–H groups in total. The van der Waals surface area contributed by atoms with Gasteiger partial charge in [0.05, 0.1) is 0 Å². The van der Waals surface area contributed by atoms with Crippen molar-refractivity contribution in [1.29, 1.82) is 0 Å². The van der Waals surface area contributed by atoms with E-state index in [4.69, 9.17) is 5.73 Å². The summed E-state index contributed by atoms with van der Waals surface area (Å²) in [6.45, 7) is 1.98. The van der Waals surface area contributed by atoms with E-state index in [-0.39, 0.29) is 0 Å². The van der Waals surface area contributed by atoms with Gasteiger partial charge in [-0.1, -0.05) is 0 Å². The predicted octanol–water partition coefficient (Wildman–Crippen LogP) is 0.982. The minimum Gasteiger partial charge on any atom is -0.342 e. The molecule has 3 aliphatic rings. The first kappa shape index (κ1) is 9.64. The lowest BCUT2D eigenvalue weighted by Crippen LogP contribution is -2.31. The van der Waals surface area contributed by atoms with Gasteiger partial charge in [0.1, 0.15) is 0 Å². The average Bonchev–Trinajstić information content (AvgIpc) is 2.78. The standard InChI is InChI=1S/C12H20N2O/c13-11-4-9-6-14(7-10(9)5-11)12(15)3-8-1-2-8/h8-11H,1-7,13H2. The van der Waals surface area contributed by atoms with Gasteiger partial charge in [-0.2, -0.15) is 0 Å². The third-order valence-corrected chi connectivity index (χ3v) is 4.30. The lowest BCUT2D eigenvalue weighted by Gasteiger charge is -2.18. The summed E-state index contributed by atoms with van der Waals surface area (Å²) in [5.41, 5.74) is 5.93. The molecule has 0 aromatic heterocycles. The Morgan fingerprint density at radius 1 is 1.20 bits per heavy atom. The highest BCUT2D eigenvalue weighted by Gasteiger charge is 2.41. The summed E-state index contributed by atoms with van der Waals surface area (Å²) >= 11 is 0. The number of nitrogens with two attached hydrogens (primary N) is 1. The summed E-state index contributed by atoms with van der Waals surface area (Å²) in [5, 5.41) is 0. The molecule has 1 saturated heterocycles. The Labute approximate surface area is 91.0 Å². The lowest BCUT2D eigenvalue weighted by molar-refractivity contribution is -0.130. The second-order valence-corrected chi connectivity index (χ2v) is 5.70. The van der Waals surface area contributed by atoms with Gasteiger partial charge in [-0.15, -0.1) is 0 Å². The van der Waals surface area contributed by atoms with Crippen molar-refractivity contribution in [2.75, 3.05) is 13.1 Å². The minimum absolute atomic E-state index is 0.403. The van der Waals surface area contributed by atoms with Gasteiger partial charge in [-0.05, 0) is 43.4 Å². The van der Waals surface area contributed by atoms with E-state index in [0.29, 0.717) is 23.8 Å². The van der Waals surface area contributed by atoms with E-state index < -0.39 is 0 Å². The van der Waals surface area contributed by atoms with Crippen LogP contribution in [0.2, 0.25) is 0 Å². The van der Waals surface area contributed by atoms with Gasteiger partial charge in [0.15, 0.2) is 0 Å². The van der Waals surface area contributed by atoms with Crippen LogP contribution in [-0.2, 0) is 4.79 Å². The van der Waals surface area contributed by atoms with Crippen LogP contribution >= 0.6 is 0 Å². The molecule has 2 atom stereocenters. The molecule has 0 spiro atoms. The Kier molecular flexibility index (Phi) is 2.23. The van der Waals surface area contributed by atoms with Crippen molar-refractivity contribution >= 4 is 5.91 Å². The molecule has 2 saturated carbocycles. The topological polar surface area (TPSA) is 46.3 Å². The number of hydrogen-bond acceptors (Lipinski definition) is 2. The molecule has 0 aromatic rings. The Morgan fingerprint density at radius 2 is 1.80 bits per heavy atom. The summed E-state index contributed by atoms with van der Waals surface area (Å²) in [6.07, 6.45) is 5.63. The maximum atomic E-state index is 11.9. The molecule has 0 bridgehead atoms. The first-order chi connectivity index (χ1) is 7.22. The van der Waals surface area contributed by atoms with Crippen LogP contribution in [0.4, 0.5) is 0 Å². The number of hydrogen-bond donors (Lipinski definition) is 1. The fourth-order valence-electron chi connectivity index (χ4n) is 3.25. The fourth-order valence-corrected chi connectivity index (χ4v) is 3.25. The Balaban J connectivity index is 1.55. The molecule has 0 radical (unpaired) electrons. The molecular formula is C12H20N2O. The number of amides is 1. The molecule has 15 heavy (non-hydrogen) atoms. The molecule has 0 aromatic carbocycles. The third-order valence-electron chi connectivity index (χ3n) is 4.30. The SMILES string of the molecule is NC1CC2CN(C(=O)CC3CC3)CC2C1. The molecule has 2 aliphatic carbocycles. The van der Waals surface area contributed by atoms with E-state index in [1.165, 1.54) is 12.8 Å². The van der Waals surface area contributed by atoms with Crippen molar-refractivity contribution in [2.45, 2.75) is 38.1 Å². The first-order valence-electron chi connectivity index (χ1n) is 6.25. The van der Waals surface area contributed by atoms with Crippen molar-refractivity contribution in [2.24, 2.45) is 23.5 Å². The number of rotatable bonds is 2. The van der Waals surface area contributed by atoms with Gasteiger partial charge in [0, 0.05) is 25.6 Å². The minimum atomic E-state index is 0.403. The number of carbonyl (C=O) groups is 1. The smallest absolute Gasteiger partial charge is 0.222 e. The van der Waals surface area contributed by atoms with E-state index >= 15 is 0 Å². The van der Waals surface area contributed by atoms with Gasteiger partial charge >= 0.3 is 0 Å². The van der Waals surface area contributed by atoms with E-state index in [0.717, 1.165) is 38.3 Å². The molecule has 3 nitrogen and oxygen atoms in total. The van der Waals surface area contributed by atoms with Crippen LogP contribution in [0.1, 0.15) is 32.1 Å². The summed E-state index contributed by atoms with van der Waals surface area (Å²) in [4.78, 5) is 14.0. The molecule has 3 fully saturated rings. The van der Waals surface area contributed by atoms with Crippen molar-refractivity contribution in [3.63, 3.8) is 0 Å². The molecule has 1 amide bonds. The van der Waals surface area contributed by atoms with Gasteiger partial charge in [0.2, 0.25) is 5.91 Å². The van der Waals surface area contributed by atoms with Crippen LogP contribution in [0.25, 0.3) is 0 Å². The molecular weight excluding hydrogens is 188 g/mol. The maximum Gasteiger partial charge on any atom is 0.222 e. The molecule has 2 unspecified atom stereocenters. The van der Waals surface area contributed by atoms with Gasteiger partial charge in [-0.25, -0.2) is 0 Å². The number of fused-ring (bicyclic) bond motifs is 1. The highest BCUT2D eigenvalue weighted by atomic mass is 16.2. The van der Waals surface area contributed by atoms with Crippen LogP contribution in [-0.4, -0.2) is 29.9 Å². The number of nitrogens with zero attached hydrogens (tertiary/aromatic N) is 1. The normalized spacial score (nSPS) is 39.5. The zero-order chi connectivity index (χ0) is 10.4. The zero-order valence-corrected chi connectivity index (χ0v) is 9.19. The van der Waals surface area contributed by atoms with Crippen molar-refractivity contribution in [3.05, 3.63) is 0 Å². The first-order valence-corrected chi connectivity index (χ1v) is 6.25. The third kappa shape index (κ3) is 1.89. The van der Waals surface area contributed by atoms with Gasteiger partial charge in [-0.3, -0.25) is 4.79 Å². The van der Waals surface area contributed by atoms with Crippen LogP contribution in [0.3, 0.4) is 0 Å². The van der Waals surface area contributed by atoms with Gasteiger partial charge in [0.25, 0.3) is 0 Å². The fraction of sp³-hybridized carbons (Fsp3) is 0.917. The summed E-state index contributed by atoms with van der Waals surface area (Å²) in [5.74, 6) is 2.55. The Bertz CT molecular complexity index is 261. The summed E-state index contributed by atoms with van der Waals surface area (Å²) in [7, 11) is 0. The molecule has 3 rings (SSSR count). The largest absolute Gasteiger partial charge is 0.342 e. The quantitative estimate of drug-likeness (QED) is 0.735. The zero-order valence-electron chi connectivity index (χ0n) is 9.19. The van der Waals surface area contributed by atoms with Crippen molar-refractivity contribution in [1.82, 2.24) is 4.90 Å². The van der Waals surface area contributed by atoms with Crippen LogP contribution < -0.4 is 5.73 Å². The second kappa shape index (κ2) is 3.48. The highest BCUT2D eigenvalue weighted by molar-refractivity contribution is 5.77. The summed E-state index contributed by atoms with van der Waals surface area (Å²) in [6, 6.07) is 0.403. The lowest BCUT2D eigenvalue weighted by atomic mass is 10.0. The number of likely N-dealkylation sites (tertiary alicyclic amines) is 1. The van der Waals surface area contributed by atoms with Crippen LogP contribution in [0.15, 0.2) is 0 Å². The van der Waals surface area contributed by atoms with E-state index in [9.17, 15) is 4.79 Å². The Hall–Kier alpha value is -0.570. The molecule has 1 aliphatic heterocycles. The van der Waals surface area contributed by atoms with E-state index in [2.05, 4.69) is 4.90 Å². The monoisotopic (exact) mass is 208 g/mol. The number of carbonyl (C=O) groups excluding carboxylic acids is 1. The second-order valence-electron chi connectivity index (χ2n) is 5.70. The average molecular weight is 208 g/mol. The molecule has 3 heteroatoms. The van der Waals surface area contributed by atoms with E-state index in [1.54, 1.807) is 0 Å². The van der Waals surface area contributed by atoms with Crippen molar-refractivity contribution in [3.8, 4) is 0 Å². The molecule has 84 valence electrons. The predicted molar refractivity (Wildman–Crippen MR) is 58.1 cm³/mol. The Morgan fingerprint density at radius 3 is 2.33 bits per heavy atom. The van der Waals surface area contributed by atoms with E-state index in [1.807, 2.05) is 0 Å². The maximum absolute atomic E-state index is 11.9. The van der Waals surface area contributed by atoms with Crippen LogP contribution in [0.5, 0.6) is 0 Å². The molecule has 1 heterocycles. The highest BCUT2D eigenvalue weighted by Crippen LogP contribution is 2.39. The summed E-state index contributed by atoms with van der Waals surface area (Å²) < 4.78 is 0. The van der Waals surface area contributed by atoms with Gasteiger partial charge < -0.3 is 10.6 Å².